The van der Waals surface area contributed by atoms with Gasteiger partial charge in [-0.1, -0.05) is 0 Å². The van der Waals surface area contributed by atoms with E-state index in [0.717, 1.165) is 67.9 Å². The third kappa shape index (κ3) is 8.48. The molecule has 2 aromatic heterocycles. The van der Waals surface area contributed by atoms with Crippen molar-refractivity contribution in [3.05, 3.63) is 108 Å². The lowest BCUT2D eigenvalue weighted by molar-refractivity contribution is 0.130. The van der Waals surface area contributed by atoms with Gasteiger partial charge in [0.25, 0.3) is 0 Å². The van der Waals surface area contributed by atoms with Gasteiger partial charge < -0.3 is 24.4 Å². The molecule has 6 rings (SSSR count). The minimum absolute atomic E-state index is 0.0125. The van der Waals surface area contributed by atoms with Gasteiger partial charge in [0.2, 0.25) is 0 Å². The van der Waals surface area contributed by atoms with Crippen LogP contribution in [0.3, 0.4) is 0 Å². The van der Waals surface area contributed by atoms with Crippen molar-refractivity contribution in [3.8, 4) is 17.2 Å². The first kappa shape index (κ1) is 34.6. The van der Waals surface area contributed by atoms with Crippen LogP contribution in [0.5, 0.6) is 11.5 Å². The van der Waals surface area contributed by atoms with Crippen LogP contribution in [-0.4, -0.2) is 79.7 Å². The van der Waals surface area contributed by atoms with Crippen molar-refractivity contribution in [1.82, 2.24) is 29.1 Å². The highest BCUT2D eigenvalue weighted by atomic mass is 19.1. The summed E-state index contributed by atoms with van der Waals surface area (Å²) in [4.78, 5) is 21.5. The number of benzene rings is 3. The zero-order chi connectivity index (χ0) is 35.0. The third-order valence-electron chi connectivity index (χ3n) is 9.07. The molecule has 1 fully saturated rings. The number of ether oxygens (including phenoxy) is 2. The molecule has 0 spiro atoms. The zero-order valence-electron chi connectivity index (χ0n) is 28.2. The molecule has 3 atom stereocenters. The van der Waals surface area contributed by atoms with Gasteiger partial charge in [-0.15, -0.1) is 0 Å². The minimum atomic E-state index is -0.733. The first-order chi connectivity index (χ1) is 24.2. The largest absolute Gasteiger partial charge is 0.493 e. The Bertz CT molecular complexity index is 1850. The van der Waals surface area contributed by atoms with Gasteiger partial charge in [0.1, 0.15) is 30.5 Å². The Balaban J connectivity index is 1.000. The summed E-state index contributed by atoms with van der Waals surface area (Å²) in [5.41, 5.74) is 2.62. The quantitative estimate of drug-likeness (QED) is 0.167. The van der Waals surface area contributed by atoms with Gasteiger partial charge in [-0.2, -0.15) is 10.2 Å². The fraction of sp³-hybridized carbons (Fsp3) is 0.389. The van der Waals surface area contributed by atoms with Gasteiger partial charge in [0.05, 0.1) is 31.0 Å². The number of anilines is 2. The lowest BCUT2D eigenvalue weighted by Gasteiger charge is -2.37. The average molecular weight is 689 g/mol. The van der Waals surface area contributed by atoms with Crippen molar-refractivity contribution in [2.75, 3.05) is 49.2 Å². The Hall–Kier alpha value is -5.24. The smallest absolute Gasteiger partial charge is 0.350 e. The molecule has 1 saturated heterocycles. The maximum Gasteiger partial charge on any atom is 0.350 e. The van der Waals surface area contributed by atoms with Crippen molar-refractivity contribution < 1.29 is 23.4 Å². The van der Waals surface area contributed by atoms with Crippen LogP contribution in [0, 0.1) is 17.6 Å². The highest BCUT2D eigenvalue weighted by Crippen LogP contribution is 2.25. The summed E-state index contributed by atoms with van der Waals surface area (Å²) in [6.07, 6.45) is 5.51. The van der Waals surface area contributed by atoms with Gasteiger partial charge in [0.15, 0.2) is 11.6 Å². The van der Waals surface area contributed by atoms with E-state index in [9.17, 15) is 18.7 Å². The second-order valence-corrected chi connectivity index (χ2v) is 12.6. The molecule has 264 valence electrons. The van der Waals surface area contributed by atoms with E-state index in [1.807, 2.05) is 36.4 Å². The van der Waals surface area contributed by atoms with E-state index >= 15 is 0 Å². The number of aliphatic hydroxyl groups is 1. The molecule has 0 aliphatic carbocycles. The van der Waals surface area contributed by atoms with Crippen molar-refractivity contribution in [2.45, 2.75) is 45.4 Å². The summed E-state index contributed by atoms with van der Waals surface area (Å²) >= 11 is 0. The molecule has 1 N–H and O–H groups in total. The van der Waals surface area contributed by atoms with E-state index in [1.54, 1.807) is 24.9 Å². The van der Waals surface area contributed by atoms with Gasteiger partial charge in [-0.05, 0) is 87.4 Å². The number of hydrogen-bond acceptors (Lipinski definition) is 9. The Morgan fingerprint density at radius 3 is 2.08 bits per heavy atom. The Morgan fingerprint density at radius 2 is 1.46 bits per heavy atom. The van der Waals surface area contributed by atoms with Gasteiger partial charge in [0, 0.05) is 56.1 Å². The van der Waals surface area contributed by atoms with Gasteiger partial charge in [-0.25, -0.2) is 27.8 Å². The topological polar surface area (TPSA) is 116 Å². The van der Waals surface area contributed by atoms with Crippen molar-refractivity contribution in [1.29, 1.82) is 0 Å². The van der Waals surface area contributed by atoms with E-state index < -0.39 is 23.8 Å². The Kier molecular flexibility index (Phi) is 11.1. The number of aliphatic hydroxyl groups excluding tert-OH is 1. The molecular formula is C36H42F2N8O4. The fourth-order valence-electron chi connectivity index (χ4n) is 5.90. The Morgan fingerprint density at radius 1 is 0.820 bits per heavy atom. The van der Waals surface area contributed by atoms with Crippen LogP contribution in [0.4, 0.5) is 20.2 Å². The number of nitrogens with zero attached hydrogens (tertiary/aromatic N) is 8. The zero-order valence-corrected chi connectivity index (χ0v) is 28.2. The van der Waals surface area contributed by atoms with E-state index in [0.29, 0.717) is 13.2 Å². The Labute approximate surface area is 289 Å². The molecule has 0 radical (unpaired) electrons. The number of halogens is 2. The van der Waals surface area contributed by atoms with Crippen LogP contribution in [-0.2, 0) is 6.54 Å². The second-order valence-electron chi connectivity index (χ2n) is 12.6. The highest BCUT2D eigenvalue weighted by Gasteiger charge is 2.20. The molecule has 1 aliphatic heterocycles. The van der Waals surface area contributed by atoms with Crippen LogP contribution in [0.15, 0.2) is 90.5 Å². The minimum Gasteiger partial charge on any atom is -0.493 e. The summed E-state index contributed by atoms with van der Waals surface area (Å²) < 4.78 is 43.9. The van der Waals surface area contributed by atoms with Gasteiger partial charge in [-0.3, -0.25) is 4.68 Å². The van der Waals surface area contributed by atoms with Crippen LogP contribution in [0.1, 0.15) is 32.7 Å². The lowest BCUT2D eigenvalue weighted by Crippen LogP contribution is -2.46. The van der Waals surface area contributed by atoms with E-state index in [-0.39, 0.29) is 24.0 Å². The predicted octanol–water partition coefficient (Wildman–Crippen LogP) is 4.73. The van der Waals surface area contributed by atoms with E-state index in [2.05, 4.69) is 37.1 Å². The molecule has 3 unspecified atom stereocenters. The van der Waals surface area contributed by atoms with E-state index in [4.69, 9.17) is 9.47 Å². The van der Waals surface area contributed by atoms with Crippen molar-refractivity contribution in [2.24, 2.45) is 5.92 Å². The number of hydrogen-bond donors (Lipinski definition) is 1. The molecule has 1 aliphatic rings. The van der Waals surface area contributed by atoms with E-state index in [1.165, 1.54) is 34.0 Å². The molecule has 12 nitrogen and oxygen atoms in total. The number of aromatic nitrogens is 6. The standard InChI is InChI=1S/C36H42F2N8O4/c1-26(27(2)47)46-36(48)45(25-41-46)32-8-6-30(7-9-32)42-16-18-43(19-17-42)31-10-12-33(13-11-31)49-21-28(4-3-15-44-24-39-23-40-44)22-50-35-14-5-29(37)20-34(35)38/h5-14,20,23-28,47H,3-4,15-19,21-22H2,1-2H3. The fourth-order valence-corrected chi connectivity index (χ4v) is 5.90. The van der Waals surface area contributed by atoms with Gasteiger partial charge >= 0.3 is 5.69 Å². The first-order valence-corrected chi connectivity index (χ1v) is 16.8. The van der Waals surface area contributed by atoms with Crippen LogP contribution >= 0.6 is 0 Å². The summed E-state index contributed by atoms with van der Waals surface area (Å²) in [5.74, 6) is -0.680. The SMILES string of the molecule is CC(O)C(C)n1ncn(-c2ccc(N3CCN(c4ccc(OCC(CCCn5cncn5)COc5ccc(F)cc5F)cc4)CC3)cc2)c1=O. The monoisotopic (exact) mass is 688 g/mol. The summed E-state index contributed by atoms with van der Waals surface area (Å²) in [6.45, 7) is 8.04. The second kappa shape index (κ2) is 16.0. The molecule has 0 bridgehead atoms. The van der Waals surface area contributed by atoms with Crippen LogP contribution in [0.25, 0.3) is 5.69 Å². The van der Waals surface area contributed by atoms with Crippen LogP contribution < -0.4 is 25.0 Å². The molecular weight excluding hydrogens is 646 g/mol. The molecule has 0 saturated carbocycles. The third-order valence-corrected chi connectivity index (χ3v) is 9.07. The number of aryl methyl sites for hydroxylation is 1. The molecule has 0 amide bonds. The molecule has 5 aromatic rings. The number of piperazine rings is 1. The summed E-state index contributed by atoms with van der Waals surface area (Å²) in [7, 11) is 0. The van der Waals surface area contributed by atoms with Crippen molar-refractivity contribution >= 4 is 11.4 Å². The summed E-state index contributed by atoms with van der Waals surface area (Å²) in [5, 5.41) is 18.2. The maximum absolute atomic E-state index is 14.2. The van der Waals surface area contributed by atoms with Crippen LogP contribution in [0.2, 0.25) is 0 Å². The molecule has 3 heterocycles. The molecule has 50 heavy (non-hydrogen) atoms. The lowest BCUT2D eigenvalue weighted by atomic mass is 10.1. The average Bonchev–Trinajstić information content (AvgIpc) is 3.79. The maximum atomic E-state index is 14.2. The predicted molar refractivity (Wildman–Crippen MR) is 185 cm³/mol. The molecule has 3 aromatic carbocycles. The normalized spacial score (nSPS) is 15.1. The first-order valence-electron chi connectivity index (χ1n) is 16.8. The summed E-state index contributed by atoms with van der Waals surface area (Å²) in [6, 6.07) is 18.8. The molecule has 14 heteroatoms. The highest BCUT2D eigenvalue weighted by molar-refractivity contribution is 5.54. The van der Waals surface area contributed by atoms with Crippen molar-refractivity contribution in [3.63, 3.8) is 0 Å². The number of rotatable bonds is 15.